The molecule has 0 radical (unpaired) electrons. The minimum atomic E-state index is -0.627. The van der Waals surface area contributed by atoms with Crippen LogP contribution < -0.4 is 10.1 Å². The van der Waals surface area contributed by atoms with E-state index in [2.05, 4.69) is 5.32 Å². The Balaban J connectivity index is 1.58. The van der Waals surface area contributed by atoms with Crippen molar-refractivity contribution in [3.05, 3.63) is 41.1 Å². The molecular formula is C20H23N3O6. The van der Waals surface area contributed by atoms with Crippen LogP contribution in [0.25, 0.3) is 0 Å². The Kier molecular flexibility index (Phi) is 5.39. The molecule has 29 heavy (non-hydrogen) atoms. The van der Waals surface area contributed by atoms with Gasteiger partial charge in [-0.2, -0.15) is 0 Å². The van der Waals surface area contributed by atoms with Crippen molar-refractivity contribution in [1.82, 2.24) is 15.1 Å². The van der Waals surface area contributed by atoms with Crippen LogP contribution in [0, 0.1) is 0 Å². The summed E-state index contributed by atoms with van der Waals surface area (Å²) in [6.45, 7) is 4.22. The van der Waals surface area contributed by atoms with E-state index in [1.165, 1.54) is 4.90 Å². The topological polar surface area (TPSA) is 97.4 Å². The second kappa shape index (κ2) is 8.12. The zero-order valence-electron chi connectivity index (χ0n) is 16.2. The summed E-state index contributed by atoms with van der Waals surface area (Å²) in [5.41, 5.74) is 1.55. The van der Waals surface area contributed by atoms with E-state index in [1.807, 2.05) is 6.92 Å². The van der Waals surface area contributed by atoms with Gasteiger partial charge < -0.3 is 24.4 Å². The Morgan fingerprint density at radius 3 is 2.62 bits per heavy atom. The number of hydrogen-bond acceptors (Lipinski definition) is 6. The minimum Gasteiger partial charge on any atom is -0.494 e. The molecule has 1 aromatic rings. The first kappa shape index (κ1) is 19.3. The third kappa shape index (κ3) is 3.77. The molecule has 0 aliphatic carbocycles. The Morgan fingerprint density at radius 2 is 1.93 bits per heavy atom. The molecule has 1 N–H and O–H groups in total. The molecule has 4 rings (SSSR count). The third-order valence-corrected chi connectivity index (χ3v) is 5.18. The smallest absolute Gasteiger partial charge is 0.338 e. The summed E-state index contributed by atoms with van der Waals surface area (Å²) >= 11 is 0. The molecule has 1 aromatic carbocycles. The normalized spacial score (nSPS) is 21.6. The van der Waals surface area contributed by atoms with Gasteiger partial charge in [-0.3, -0.25) is 9.69 Å². The summed E-state index contributed by atoms with van der Waals surface area (Å²) in [6, 6.07) is 6.14. The van der Waals surface area contributed by atoms with Gasteiger partial charge in [0, 0.05) is 13.1 Å². The van der Waals surface area contributed by atoms with Crippen molar-refractivity contribution in [2.45, 2.75) is 13.0 Å². The highest BCUT2D eigenvalue weighted by Gasteiger charge is 2.43. The fourth-order valence-corrected chi connectivity index (χ4v) is 3.70. The molecule has 0 spiro atoms. The molecule has 1 fully saturated rings. The summed E-state index contributed by atoms with van der Waals surface area (Å²) in [7, 11) is 0. The molecular weight excluding hydrogens is 378 g/mol. The van der Waals surface area contributed by atoms with Crippen molar-refractivity contribution in [3.63, 3.8) is 0 Å². The van der Waals surface area contributed by atoms with Gasteiger partial charge in [0.2, 0.25) is 5.91 Å². The predicted molar refractivity (Wildman–Crippen MR) is 101 cm³/mol. The van der Waals surface area contributed by atoms with E-state index in [1.54, 1.807) is 29.2 Å². The Labute approximate surface area is 168 Å². The number of nitrogens with one attached hydrogen (secondary N) is 1. The van der Waals surface area contributed by atoms with Gasteiger partial charge in [0.05, 0.1) is 37.1 Å². The van der Waals surface area contributed by atoms with E-state index >= 15 is 0 Å². The quantitative estimate of drug-likeness (QED) is 0.734. The highest BCUT2D eigenvalue weighted by atomic mass is 16.5. The molecule has 3 heterocycles. The van der Waals surface area contributed by atoms with E-state index in [0.29, 0.717) is 49.9 Å². The molecule has 1 saturated heterocycles. The van der Waals surface area contributed by atoms with Crippen molar-refractivity contribution in [2.24, 2.45) is 0 Å². The maximum Gasteiger partial charge on any atom is 0.338 e. The lowest BCUT2D eigenvalue weighted by Crippen LogP contribution is -2.52. The van der Waals surface area contributed by atoms with Gasteiger partial charge in [-0.05, 0) is 24.6 Å². The molecule has 3 aliphatic heterocycles. The van der Waals surface area contributed by atoms with Crippen LogP contribution >= 0.6 is 0 Å². The van der Waals surface area contributed by atoms with Crippen LogP contribution in [0.5, 0.6) is 5.75 Å². The lowest BCUT2D eigenvalue weighted by molar-refractivity contribution is -0.136. The van der Waals surface area contributed by atoms with E-state index in [9.17, 15) is 14.4 Å². The van der Waals surface area contributed by atoms with Crippen LogP contribution in [0.2, 0.25) is 0 Å². The van der Waals surface area contributed by atoms with Crippen molar-refractivity contribution in [3.8, 4) is 5.75 Å². The third-order valence-electron chi connectivity index (χ3n) is 5.18. The van der Waals surface area contributed by atoms with Gasteiger partial charge in [0.15, 0.2) is 0 Å². The number of cyclic esters (lactones) is 1. The van der Waals surface area contributed by atoms with E-state index in [-0.39, 0.29) is 19.1 Å². The van der Waals surface area contributed by atoms with Gasteiger partial charge >= 0.3 is 12.0 Å². The van der Waals surface area contributed by atoms with Crippen LogP contribution in [-0.4, -0.2) is 73.8 Å². The second-order valence-electron chi connectivity index (χ2n) is 6.90. The fourth-order valence-electron chi connectivity index (χ4n) is 3.70. The standard InChI is InChI=1S/C20H23N3O6/c1-2-28-14-5-3-13(4-6-14)18-17-15(12-29-19(17)25)23(20(26)21-18)11-16(24)22-7-9-27-10-8-22/h3-6,18H,2,7-12H2,1H3,(H,21,26). The molecule has 154 valence electrons. The number of morpholine rings is 1. The first-order valence-corrected chi connectivity index (χ1v) is 9.65. The van der Waals surface area contributed by atoms with Gasteiger partial charge in [0.1, 0.15) is 18.9 Å². The molecule has 9 nitrogen and oxygen atoms in total. The Morgan fingerprint density at radius 1 is 1.21 bits per heavy atom. The molecule has 3 amide bonds. The minimum absolute atomic E-state index is 0.0223. The van der Waals surface area contributed by atoms with Crippen LogP contribution in [0.1, 0.15) is 18.5 Å². The molecule has 0 saturated carbocycles. The Bertz CT molecular complexity index is 844. The number of nitrogens with zero attached hydrogens (tertiary/aromatic N) is 2. The van der Waals surface area contributed by atoms with E-state index < -0.39 is 18.0 Å². The lowest BCUT2D eigenvalue weighted by atomic mass is 9.95. The molecule has 9 heteroatoms. The number of hydrogen-bond donors (Lipinski definition) is 1. The van der Waals surface area contributed by atoms with Gasteiger partial charge in [-0.1, -0.05) is 12.1 Å². The van der Waals surface area contributed by atoms with Crippen molar-refractivity contribution < 1.29 is 28.6 Å². The predicted octanol–water partition coefficient (Wildman–Crippen LogP) is 0.821. The largest absolute Gasteiger partial charge is 0.494 e. The number of carbonyl (C=O) groups is 3. The fraction of sp³-hybridized carbons (Fsp3) is 0.450. The Hall–Kier alpha value is -3.07. The van der Waals surface area contributed by atoms with Gasteiger partial charge in [-0.15, -0.1) is 0 Å². The first-order valence-electron chi connectivity index (χ1n) is 9.65. The number of ether oxygens (including phenoxy) is 3. The van der Waals surface area contributed by atoms with E-state index in [0.717, 1.165) is 5.56 Å². The zero-order chi connectivity index (χ0) is 20.4. The lowest BCUT2D eigenvalue weighted by Gasteiger charge is -2.34. The molecule has 3 aliphatic rings. The van der Waals surface area contributed by atoms with Crippen molar-refractivity contribution >= 4 is 17.9 Å². The molecule has 1 unspecified atom stereocenters. The summed E-state index contributed by atoms with van der Waals surface area (Å²) in [5.74, 6) is 0.0381. The summed E-state index contributed by atoms with van der Waals surface area (Å²) in [4.78, 5) is 40.8. The summed E-state index contributed by atoms with van der Waals surface area (Å²) < 4.78 is 15.9. The van der Waals surface area contributed by atoms with Gasteiger partial charge in [0.25, 0.3) is 0 Å². The average Bonchev–Trinajstić information content (AvgIpc) is 3.13. The monoisotopic (exact) mass is 401 g/mol. The van der Waals surface area contributed by atoms with Crippen LogP contribution in [0.3, 0.4) is 0 Å². The number of carbonyl (C=O) groups excluding carboxylic acids is 3. The first-order chi connectivity index (χ1) is 14.1. The molecule has 1 atom stereocenters. The maximum absolute atomic E-state index is 12.8. The summed E-state index contributed by atoms with van der Waals surface area (Å²) in [5, 5.41) is 2.84. The van der Waals surface area contributed by atoms with Crippen LogP contribution in [0.4, 0.5) is 4.79 Å². The zero-order valence-corrected chi connectivity index (χ0v) is 16.2. The highest BCUT2D eigenvalue weighted by molar-refractivity contribution is 5.98. The highest BCUT2D eigenvalue weighted by Crippen LogP contribution is 2.35. The van der Waals surface area contributed by atoms with Crippen LogP contribution in [-0.2, 0) is 19.1 Å². The SMILES string of the molecule is CCOc1ccc(C2NC(=O)N(CC(=O)N3CCOCC3)C3=C2C(=O)OC3)cc1. The number of urea groups is 1. The van der Waals surface area contributed by atoms with Crippen molar-refractivity contribution in [2.75, 3.05) is 46.1 Å². The number of rotatable bonds is 5. The average molecular weight is 401 g/mol. The second-order valence-corrected chi connectivity index (χ2v) is 6.90. The van der Waals surface area contributed by atoms with Gasteiger partial charge in [-0.25, -0.2) is 9.59 Å². The van der Waals surface area contributed by atoms with Crippen LogP contribution in [0.15, 0.2) is 35.5 Å². The van der Waals surface area contributed by atoms with E-state index in [4.69, 9.17) is 14.2 Å². The number of amides is 3. The molecule has 0 bridgehead atoms. The summed E-state index contributed by atoms with van der Waals surface area (Å²) in [6.07, 6.45) is 0. The number of benzene rings is 1. The van der Waals surface area contributed by atoms with Crippen molar-refractivity contribution in [1.29, 1.82) is 0 Å². The number of esters is 1. The molecule has 0 aromatic heterocycles. The maximum atomic E-state index is 12.8.